The second kappa shape index (κ2) is 7.45. The minimum atomic E-state index is -0.234. The van der Waals surface area contributed by atoms with Gasteiger partial charge in [0.1, 0.15) is 18.2 Å². The molecule has 23 heavy (non-hydrogen) atoms. The van der Waals surface area contributed by atoms with Crippen molar-refractivity contribution < 1.29 is 9.13 Å². The van der Waals surface area contributed by atoms with E-state index in [0.29, 0.717) is 13.2 Å². The lowest BCUT2D eigenvalue weighted by Gasteiger charge is -2.13. The molecular weight excluding hydrogens is 289 g/mol. The minimum absolute atomic E-state index is 0.234. The van der Waals surface area contributed by atoms with E-state index in [9.17, 15) is 4.39 Å². The fourth-order valence-electron chi connectivity index (χ4n) is 2.29. The molecule has 1 N–H and O–H groups in total. The summed E-state index contributed by atoms with van der Waals surface area (Å²) < 4.78 is 18.9. The highest BCUT2D eigenvalue weighted by atomic mass is 19.1. The maximum absolute atomic E-state index is 12.9. The van der Waals surface area contributed by atoms with Crippen LogP contribution in [-0.4, -0.2) is 0 Å². The van der Waals surface area contributed by atoms with Crippen molar-refractivity contribution in [3.63, 3.8) is 0 Å². The highest BCUT2D eigenvalue weighted by Crippen LogP contribution is 2.21. The Bertz CT molecular complexity index is 741. The van der Waals surface area contributed by atoms with Crippen molar-refractivity contribution in [3.8, 4) is 5.75 Å². The van der Waals surface area contributed by atoms with Gasteiger partial charge in [-0.25, -0.2) is 4.39 Å². The van der Waals surface area contributed by atoms with Crippen molar-refractivity contribution in [2.45, 2.75) is 13.2 Å². The quantitative estimate of drug-likeness (QED) is 0.690. The zero-order valence-electron chi connectivity index (χ0n) is 12.7. The van der Waals surface area contributed by atoms with Gasteiger partial charge < -0.3 is 10.1 Å². The Hall–Kier alpha value is -2.81. The first kappa shape index (κ1) is 15.1. The third kappa shape index (κ3) is 4.33. The summed E-state index contributed by atoms with van der Waals surface area (Å²) in [6, 6.07) is 24.3. The van der Waals surface area contributed by atoms with Crippen molar-refractivity contribution in [1.82, 2.24) is 0 Å². The Labute approximate surface area is 135 Å². The topological polar surface area (TPSA) is 21.3 Å². The molecule has 0 aliphatic carbocycles. The van der Waals surface area contributed by atoms with E-state index in [1.54, 1.807) is 12.1 Å². The average molecular weight is 307 g/mol. The van der Waals surface area contributed by atoms with E-state index in [2.05, 4.69) is 5.32 Å². The number of para-hydroxylation sites is 1. The van der Waals surface area contributed by atoms with Crippen LogP contribution in [-0.2, 0) is 13.2 Å². The summed E-state index contributed by atoms with van der Waals surface area (Å²) in [4.78, 5) is 0. The normalized spacial score (nSPS) is 10.3. The van der Waals surface area contributed by atoms with E-state index in [1.807, 2.05) is 54.6 Å². The molecule has 0 atom stereocenters. The summed E-state index contributed by atoms with van der Waals surface area (Å²) in [5.74, 6) is 0.619. The van der Waals surface area contributed by atoms with Crippen molar-refractivity contribution in [2.75, 3.05) is 5.32 Å². The number of hydrogen-bond donors (Lipinski definition) is 1. The molecule has 0 spiro atoms. The van der Waals surface area contributed by atoms with Crippen molar-refractivity contribution >= 4 is 5.69 Å². The fraction of sp³-hybridized carbons (Fsp3) is 0.100. The number of halogens is 1. The lowest BCUT2D eigenvalue weighted by atomic mass is 10.2. The van der Waals surface area contributed by atoms with Crippen LogP contribution in [0.1, 0.15) is 11.1 Å². The molecule has 0 amide bonds. The Morgan fingerprint density at radius 1 is 0.783 bits per heavy atom. The van der Waals surface area contributed by atoms with Gasteiger partial charge in [0, 0.05) is 17.8 Å². The number of nitrogens with one attached hydrogen (secondary N) is 1. The summed E-state index contributed by atoms with van der Waals surface area (Å²) in [6.07, 6.45) is 0. The van der Waals surface area contributed by atoms with Crippen molar-refractivity contribution in [1.29, 1.82) is 0 Å². The van der Waals surface area contributed by atoms with Crippen LogP contribution in [0.15, 0.2) is 78.9 Å². The van der Waals surface area contributed by atoms with Gasteiger partial charge in [-0.1, -0.05) is 48.5 Å². The van der Waals surface area contributed by atoms with E-state index < -0.39 is 0 Å². The monoisotopic (exact) mass is 307 g/mol. The van der Waals surface area contributed by atoms with Gasteiger partial charge >= 0.3 is 0 Å². The third-order valence-corrected chi connectivity index (χ3v) is 3.54. The van der Waals surface area contributed by atoms with Gasteiger partial charge in [0.25, 0.3) is 0 Å². The molecule has 0 aliphatic rings. The molecule has 3 aromatic rings. The molecule has 3 aromatic carbocycles. The summed E-state index contributed by atoms with van der Waals surface area (Å²) in [7, 11) is 0. The highest BCUT2D eigenvalue weighted by Gasteiger charge is 2.03. The van der Waals surface area contributed by atoms with Crippen LogP contribution in [0.25, 0.3) is 0 Å². The number of anilines is 1. The standard InChI is InChI=1S/C20H18FNO/c21-18-10-12-19(13-11-18)22-14-17-8-4-5-9-20(17)23-15-16-6-2-1-3-7-16/h1-13,22H,14-15H2. The predicted octanol–water partition coefficient (Wildman–Crippen LogP) is 5.02. The van der Waals surface area contributed by atoms with Gasteiger partial charge in [-0.05, 0) is 35.9 Å². The van der Waals surface area contributed by atoms with Gasteiger partial charge in [0.2, 0.25) is 0 Å². The minimum Gasteiger partial charge on any atom is -0.489 e. The molecular formula is C20H18FNO. The smallest absolute Gasteiger partial charge is 0.124 e. The molecule has 0 unspecified atom stereocenters. The summed E-state index contributed by atoms with van der Waals surface area (Å²) in [6.45, 7) is 1.16. The second-order valence-electron chi connectivity index (χ2n) is 5.24. The molecule has 116 valence electrons. The molecule has 2 nitrogen and oxygen atoms in total. The fourth-order valence-corrected chi connectivity index (χ4v) is 2.29. The van der Waals surface area contributed by atoms with E-state index in [4.69, 9.17) is 4.74 Å². The summed E-state index contributed by atoms with van der Waals surface area (Å²) >= 11 is 0. The van der Waals surface area contributed by atoms with E-state index in [-0.39, 0.29) is 5.82 Å². The van der Waals surface area contributed by atoms with Gasteiger partial charge in [-0.15, -0.1) is 0 Å². The van der Waals surface area contributed by atoms with Crippen LogP contribution in [0.4, 0.5) is 10.1 Å². The molecule has 0 radical (unpaired) electrons. The highest BCUT2D eigenvalue weighted by molar-refractivity contribution is 5.45. The first-order valence-electron chi connectivity index (χ1n) is 7.55. The predicted molar refractivity (Wildman–Crippen MR) is 90.9 cm³/mol. The third-order valence-electron chi connectivity index (χ3n) is 3.54. The summed E-state index contributed by atoms with van der Waals surface area (Å²) in [5.41, 5.74) is 3.07. The van der Waals surface area contributed by atoms with Crippen LogP contribution < -0.4 is 10.1 Å². The molecule has 0 aliphatic heterocycles. The van der Waals surface area contributed by atoms with Crippen LogP contribution in [0.3, 0.4) is 0 Å². The molecule has 0 bridgehead atoms. The lowest BCUT2D eigenvalue weighted by molar-refractivity contribution is 0.303. The Morgan fingerprint density at radius 3 is 2.26 bits per heavy atom. The average Bonchev–Trinajstić information content (AvgIpc) is 2.61. The van der Waals surface area contributed by atoms with Crippen molar-refractivity contribution in [2.24, 2.45) is 0 Å². The van der Waals surface area contributed by atoms with Gasteiger partial charge in [-0.3, -0.25) is 0 Å². The maximum atomic E-state index is 12.9. The Kier molecular flexibility index (Phi) is 4.89. The molecule has 3 rings (SSSR count). The molecule has 0 fully saturated rings. The lowest BCUT2D eigenvalue weighted by Crippen LogP contribution is -2.03. The largest absolute Gasteiger partial charge is 0.489 e. The number of ether oxygens (including phenoxy) is 1. The number of rotatable bonds is 6. The van der Waals surface area contributed by atoms with E-state index in [0.717, 1.165) is 22.6 Å². The molecule has 0 saturated carbocycles. The van der Waals surface area contributed by atoms with Gasteiger partial charge in [-0.2, -0.15) is 0 Å². The van der Waals surface area contributed by atoms with Gasteiger partial charge in [0.15, 0.2) is 0 Å². The van der Waals surface area contributed by atoms with Crippen LogP contribution in [0, 0.1) is 5.82 Å². The van der Waals surface area contributed by atoms with Gasteiger partial charge in [0.05, 0.1) is 0 Å². The van der Waals surface area contributed by atoms with Crippen LogP contribution >= 0.6 is 0 Å². The van der Waals surface area contributed by atoms with Crippen LogP contribution in [0.2, 0.25) is 0 Å². The zero-order valence-corrected chi connectivity index (χ0v) is 12.7. The maximum Gasteiger partial charge on any atom is 0.124 e. The molecule has 0 aromatic heterocycles. The first-order valence-corrected chi connectivity index (χ1v) is 7.55. The van der Waals surface area contributed by atoms with Crippen LogP contribution in [0.5, 0.6) is 5.75 Å². The zero-order chi connectivity index (χ0) is 15.9. The summed E-state index contributed by atoms with van der Waals surface area (Å²) in [5, 5.41) is 3.28. The first-order chi connectivity index (χ1) is 11.3. The van der Waals surface area contributed by atoms with Crippen molar-refractivity contribution in [3.05, 3.63) is 95.8 Å². The molecule has 0 saturated heterocycles. The van der Waals surface area contributed by atoms with E-state index >= 15 is 0 Å². The molecule has 3 heteroatoms. The number of benzene rings is 3. The van der Waals surface area contributed by atoms with E-state index in [1.165, 1.54) is 12.1 Å². The number of hydrogen-bond acceptors (Lipinski definition) is 2. The molecule has 0 heterocycles. The Balaban J connectivity index is 1.64. The SMILES string of the molecule is Fc1ccc(NCc2ccccc2OCc2ccccc2)cc1. The Morgan fingerprint density at radius 2 is 1.48 bits per heavy atom. The second-order valence-corrected chi connectivity index (χ2v) is 5.24.